The maximum Gasteiger partial charge on any atom is 0.213 e. The largest absolute Gasteiger partial charge is 0.265 e. The summed E-state index contributed by atoms with van der Waals surface area (Å²) in [5.41, 5.74) is 0.555. The lowest BCUT2D eigenvalue weighted by molar-refractivity contribution is -0.490. The Morgan fingerprint density at radius 2 is 1.93 bits per heavy atom. The zero-order chi connectivity index (χ0) is 11.5. The van der Waals surface area contributed by atoms with E-state index in [-0.39, 0.29) is 11.5 Å². The van der Waals surface area contributed by atoms with E-state index in [1.165, 1.54) is 0 Å². The van der Waals surface area contributed by atoms with Gasteiger partial charge in [0.15, 0.2) is 0 Å². The third-order valence-corrected chi connectivity index (χ3v) is 3.05. The second kappa shape index (κ2) is 4.62. The average Bonchev–Trinajstić information content (AvgIpc) is 2.17. The van der Waals surface area contributed by atoms with Crippen molar-refractivity contribution < 1.29 is 4.92 Å². The molecule has 0 aliphatic carbocycles. The van der Waals surface area contributed by atoms with Crippen molar-refractivity contribution in [1.82, 2.24) is 0 Å². The highest BCUT2D eigenvalue weighted by atomic mass is 35.5. The number of benzene rings is 1. The number of hydrogen-bond acceptors (Lipinski definition) is 2. The predicted molar refractivity (Wildman–Crippen MR) is 61.0 cm³/mol. The number of nitrogens with zero attached hydrogens (tertiary/aromatic N) is 1. The Morgan fingerprint density at radius 1 is 1.40 bits per heavy atom. The van der Waals surface area contributed by atoms with Gasteiger partial charge in [0, 0.05) is 9.95 Å². The molecule has 3 nitrogen and oxygen atoms in total. The SMILES string of the molecule is CC[C@@](C)(C[N+](=O)[O-])c1ccc(Cl)cc1. The van der Waals surface area contributed by atoms with Gasteiger partial charge in [0.2, 0.25) is 6.54 Å². The van der Waals surface area contributed by atoms with Gasteiger partial charge >= 0.3 is 0 Å². The van der Waals surface area contributed by atoms with Gasteiger partial charge in [0.25, 0.3) is 0 Å². The van der Waals surface area contributed by atoms with Crippen molar-refractivity contribution in [2.75, 3.05) is 6.54 Å². The van der Waals surface area contributed by atoms with Crippen molar-refractivity contribution in [3.63, 3.8) is 0 Å². The second-order valence-corrected chi connectivity index (χ2v) is 4.35. The third kappa shape index (κ3) is 2.93. The van der Waals surface area contributed by atoms with Crippen LogP contribution in [0.1, 0.15) is 25.8 Å². The van der Waals surface area contributed by atoms with Crippen LogP contribution in [0.2, 0.25) is 5.02 Å². The molecule has 0 aliphatic rings. The first-order chi connectivity index (χ1) is 6.98. The van der Waals surface area contributed by atoms with E-state index in [0.29, 0.717) is 5.02 Å². The van der Waals surface area contributed by atoms with E-state index in [0.717, 1.165) is 12.0 Å². The van der Waals surface area contributed by atoms with Crippen LogP contribution in [0.5, 0.6) is 0 Å². The highest BCUT2D eigenvalue weighted by Gasteiger charge is 2.30. The van der Waals surface area contributed by atoms with Crippen LogP contribution < -0.4 is 0 Å². The molecule has 1 atom stereocenters. The van der Waals surface area contributed by atoms with E-state index in [1.807, 2.05) is 26.0 Å². The highest BCUT2D eigenvalue weighted by Crippen LogP contribution is 2.28. The van der Waals surface area contributed by atoms with Crippen LogP contribution in [-0.2, 0) is 5.41 Å². The summed E-state index contributed by atoms with van der Waals surface area (Å²) in [6, 6.07) is 7.25. The first-order valence-corrected chi connectivity index (χ1v) is 5.23. The van der Waals surface area contributed by atoms with Crippen molar-refractivity contribution in [2.24, 2.45) is 0 Å². The molecule has 0 aliphatic heterocycles. The van der Waals surface area contributed by atoms with Crippen molar-refractivity contribution in [1.29, 1.82) is 0 Å². The first-order valence-electron chi connectivity index (χ1n) is 4.86. The van der Waals surface area contributed by atoms with Gasteiger partial charge in [-0.05, 0) is 31.0 Å². The maximum atomic E-state index is 10.6. The summed E-state index contributed by atoms with van der Waals surface area (Å²) in [5, 5.41) is 11.2. The smallest absolute Gasteiger partial charge is 0.213 e. The van der Waals surface area contributed by atoms with E-state index < -0.39 is 5.41 Å². The van der Waals surface area contributed by atoms with Crippen molar-refractivity contribution >= 4 is 11.6 Å². The molecule has 15 heavy (non-hydrogen) atoms. The monoisotopic (exact) mass is 227 g/mol. The first kappa shape index (κ1) is 12.0. The summed E-state index contributed by atoms with van der Waals surface area (Å²) >= 11 is 5.78. The minimum Gasteiger partial charge on any atom is -0.265 e. The third-order valence-electron chi connectivity index (χ3n) is 2.80. The normalized spacial score (nSPS) is 14.6. The lowest BCUT2D eigenvalue weighted by Crippen LogP contribution is -2.30. The molecule has 1 aromatic rings. The number of rotatable bonds is 4. The van der Waals surface area contributed by atoms with Crippen LogP contribution in [0.25, 0.3) is 0 Å². The van der Waals surface area contributed by atoms with Gasteiger partial charge in [-0.15, -0.1) is 0 Å². The molecule has 4 heteroatoms. The standard InChI is InChI=1S/C11H14ClNO2/c1-3-11(2,8-13(14)15)9-4-6-10(12)7-5-9/h4-7H,3,8H2,1-2H3/t11-/m0/s1. The van der Waals surface area contributed by atoms with Crippen LogP contribution in [-0.4, -0.2) is 11.5 Å². The van der Waals surface area contributed by atoms with Gasteiger partial charge in [0.05, 0.1) is 5.41 Å². The summed E-state index contributed by atoms with van der Waals surface area (Å²) in [7, 11) is 0. The van der Waals surface area contributed by atoms with Crippen LogP contribution in [0.3, 0.4) is 0 Å². The predicted octanol–water partition coefficient (Wildman–Crippen LogP) is 3.28. The minimum atomic E-state index is -0.409. The van der Waals surface area contributed by atoms with Gasteiger partial charge in [0.1, 0.15) is 0 Å². The van der Waals surface area contributed by atoms with Gasteiger partial charge < -0.3 is 0 Å². The Bertz CT molecular complexity index is 350. The topological polar surface area (TPSA) is 43.1 Å². The van der Waals surface area contributed by atoms with Crippen LogP contribution in [0, 0.1) is 10.1 Å². The maximum absolute atomic E-state index is 10.6. The lowest BCUT2D eigenvalue weighted by Gasteiger charge is -2.24. The Balaban J connectivity index is 3.00. The minimum absolute atomic E-state index is 0.0505. The van der Waals surface area contributed by atoms with E-state index in [9.17, 15) is 10.1 Å². The summed E-state index contributed by atoms with van der Waals surface area (Å²) in [5.74, 6) is 0. The highest BCUT2D eigenvalue weighted by molar-refractivity contribution is 6.30. The Hall–Kier alpha value is -1.09. The summed E-state index contributed by atoms with van der Waals surface area (Å²) in [6.07, 6.45) is 0.732. The fraction of sp³-hybridized carbons (Fsp3) is 0.455. The molecule has 0 bridgehead atoms. The van der Waals surface area contributed by atoms with Crippen molar-refractivity contribution in [2.45, 2.75) is 25.7 Å². The summed E-state index contributed by atoms with van der Waals surface area (Å²) in [4.78, 5) is 10.3. The molecule has 0 fully saturated rings. The number of halogens is 1. The molecule has 1 rings (SSSR count). The summed E-state index contributed by atoms with van der Waals surface area (Å²) in [6.45, 7) is 3.81. The number of nitro groups is 1. The Kier molecular flexibility index (Phi) is 3.69. The van der Waals surface area contributed by atoms with Crippen molar-refractivity contribution in [3.8, 4) is 0 Å². The quantitative estimate of drug-likeness (QED) is 0.585. The molecule has 0 spiro atoms. The molecule has 0 radical (unpaired) electrons. The summed E-state index contributed by atoms with van der Waals surface area (Å²) < 4.78 is 0. The number of hydrogen-bond donors (Lipinski definition) is 0. The van der Waals surface area contributed by atoms with Gasteiger partial charge in [-0.25, -0.2) is 0 Å². The Labute approximate surface area is 94.2 Å². The average molecular weight is 228 g/mol. The lowest BCUT2D eigenvalue weighted by atomic mass is 9.80. The Morgan fingerprint density at radius 3 is 2.33 bits per heavy atom. The zero-order valence-corrected chi connectivity index (χ0v) is 9.62. The molecular weight excluding hydrogens is 214 g/mol. The molecule has 0 heterocycles. The van der Waals surface area contributed by atoms with Gasteiger partial charge in [-0.2, -0.15) is 0 Å². The molecule has 0 unspecified atom stereocenters. The van der Waals surface area contributed by atoms with E-state index >= 15 is 0 Å². The fourth-order valence-electron chi connectivity index (χ4n) is 1.54. The molecule has 0 N–H and O–H groups in total. The molecule has 1 aromatic carbocycles. The van der Waals surface area contributed by atoms with Crippen LogP contribution >= 0.6 is 11.6 Å². The zero-order valence-electron chi connectivity index (χ0n) is 8.87. The van der Waals surface area contributed by atoms with Crippen molar-refractivity contribution in [3.05, 3.63) is 45.0 Å². The van der Waals surface area contributed by atoms with E-state index in [4.69, 9.17) is 11.6 Å². The van der Waals surface area contributed by atoms with Gasteiger partial charge in [-0.1, -0.05) is 30.7 Å². The molecule has 82 valence electrons. The van der Waals surface area contributed by atoms with Crippen LogP contribution in [0.4, 0.5) is 0 Å². The molecule has 0 saturated heterocycles. The van der Waals surface area contributed by atoms with E-state index in [1.54, 1.807) is 12.1 Å². The molecule has 0 saturated carbocycles. The molecule has 0 aromatic heterocycles. The fourth-order valence-corrected chi connectivity index (χ4v) is 1.67. The van der Waals surface area contributed by atoms with E-state index in [2.05, 4.69) is 0 Å². The van der Waals surface area contributed by atoms with Gasteiger partial charge in [-0.3, -0.25) is 10.1 Å². The molecular formula is C11H14ClNO2. The van der Waals surface area contributed by atoms with Crippen LogP contribution in [0.15, 0.2) is 24.3 Å². The second-order valence-electron chi connectivity index (χ2n) is 3.91. The molecule has 0 amide bonds.